The predicted molar refractivity (Wildman–Crippen MR) is 104 cm³/mol. The van der Waals surface area contributed by atoms with E-state index in [4.69, 9.17) is 23.2 Å². The van der Waals surface area contributed by atoms with E-state index < -0.39 is 10.0 Å². The van der Waals surface area contributed by atoms with Gasteiger partial charge in [0.2, 0.25) is 15.9 Å². The minimum Gasteiger partial charge on any atom is -0.340 e. The van der Waals surface area contributed by atoms with Crippen LogP contribution in [0, 0.1) is 0 Å². The molecule has 0 atom stereocenters. The molecule has 1 fully saturated rings. The van der Waals surface area contributed by atoms with Crippen LogP contribution in [0.5, 0.6) is 0 Å². The van der Waals surface area contributed by atoms with Gasteiger partial charge in [-0.25, -0.2) is 8.42 Å². The SMILES string of the molecule is O=C(CCc1cccnc1)N1CCN(S(=O)(=O)c2ccc(Cl)c(Cl)c2)CC1. The summed E-state index contributed by atoms with van der Waals surface area (Å²) >= 11 is 11.8. The molecule has 9 heteroatoms. The van der Waals surface area contributed by atoms with Crippen molar-refractivity contribution in [2.75, 3.05) is 26.2 Å². The summed E-state index contributed by atoms with van der Waals surface area (Å²) in [6.07, 6.45) is 4.44. The summed E-state index contributed by atoms with van der Waals surface area (Å²) in [5.74, 6) is 0.0189. The van der Waals surface area contributed by atoms with Gasteiger partial charge in [-0.3, -0.25) is 9.78 Å². The van der Waals surface area contributed by atoms with Gasteiger partial charge in [0.1, 0.15) is 0 Å². The highest BCUT2D eigenvalue weighted by molar-refractivity contribution is 7.89. The highest BCUT2D eigenvalue weighted by atomic mass is 35.5. The number of sulfonamides is 1. The zero-order valence-corrected chi connectivity index (χ0v) is 16.8. The molecule has 1 amide bonds. The number of halogens is 2. The van der Waals surface area contributed by atoms with Crippen LogP contribution in [0.2, 0.25) is 10.0 Å². The first kappa shape index (κ1) is 20.1. The molecule has 1 aliphatic rings. The summed E-state index contributed by atoms with van der Waals surface area (Å²) in [4.78, 5) is 18.2. The number of aromatic nitrogens is 1. The molecule has 2 aromatic rings. The molecule has 1 aromatic heterocycles. The van der Waals surface area contributed by atoms with E-state index in [1.165, 1.54) is 22.5 Å². The standard InChI is InChI=1S/C18H19Cl2N3O3S/c19-16-5-4-15(12-17(16)20)27(25,26)23-10-8-22(9-11-23)18(24)6-3-14-2-1-7-21-13-14/h1-2,4-5,7,12-13H,3,6,8-11H2. The van der Waals surface area contributed by atoms with Crippen molar-refractivity contribution in [1.82, 2.24) is 14.2 Å². The Hall–Kier alpha value is -1.67. The van der Waals surface area contributed by atoms with Crippen molar-refractivity contribution in [3.05, 3.63) is 58.3 Å². The van der Waals surface area contributed by atoms with E-state index in [2.05, 4.69) is 4.98 Å². The molecule has 3 rings (SSSR count). The molecular weight excluding hydrogens is 409 g/mol. The average Bonchev–Trinajstić information content (AvgIpc) is 2.69. The van der Waals surface area contributed by atoms with Gasteiger partial charge in [0.05, 0.1) is 14.9 Å². The first-order chi connectivity index (χ1) is 12.9. The van der Waals surface area contributed by atoms with Gasteiger partial charge in [-0.15, -0.1) is 0 Å². The number of amides is 1. The van der Waals surface area contributed by atoms with Crippen LogP contribution in [-0.2, 0) is 21.2 Å². The van der Waals surface area contributed by atoms with Crippen molar-refractivity contribution in [2.24, 2.45) is 0 Å². The van der Waals surface area contributed by atoms with Crippen molar-refractivity contribution in [3.8, 4) is 0 Å². The van der Waals surface area contributed by atoms with Crippen LogP contribution in [-0.4, -0.2) is 54.7 Å². The largest absolute Gasteiger partial charge is 0.340 e. The van der Waals surface area contributed by atoms with Gasteiger partial charge in [0.25, 0.3) is 0 Å². The second-order valence-corrected chi connectivity index (χ2v) is 8.97. The molecule has 1 aromatic carbocycles. The summed E-state index contributed by atoms with van der Waals surface area (Å²) in [5, 5.41) is 0.501. The van der Waals surface area contributed by atoms with Crippen LogP contribution >= 0.6 is 23.2 Å². The van der Waals surface area contributed by atoms with Crippen LogP contribution in [0.25, 0.3) is 0 Å². The molecule has 144 valence electrons. The van der Waals surface area contributed by atoms with Crippen LogP contribution in [0.4, 0.5) is 0 Å². The molecule has 0 bridgehead atoms. The number of hydrogen-bond donors (Lipinski definition) is 0. The second kappa shape index (κ2) is 8.56. The van der Waals surface area contributed by atoms with Crippen molar-refractivity contribution < 1.29 is 13.2 Å². The number of pyridine rings is 1. The van der Waals surface area contributed by atoms with E-state index in [0.29, 0.717) is 31.0 Å². The molecule has 1 saturated heterocycles. The van der Waals surface area contributed by atoms with Crippen molar-refractivity contribution in [2.45, 2.75) is 17.7 Å². The van der Waals surface area contributed by atoms with E-state index in [1.54, 1.807) is 17.3 Å². The summed E-state index contributed by atoms with van der Waals surface area (Å²) in [7, 11) is -3.66. The Balaban J connectivity index is 1.57. The molecular formula is C18H19Cl2N3O3S. The molecule has 0 spiro atoms. The number of benzene rings is 1. The fourth-order valence-corrected chi connectivity index (χ4v) is 4.73. The van der Waals surface area contributed by atoms with E-state index in [0.717, 1.165) is 5.56 Å². The van der Waals surface area contributed by atoms with Gasteiger partial charge in [-0.1, -0.05) is 29.3 Å². The number of rotatable bonds is 5. The first-order valence-electron chi connectivity index (χ1n) is 8.50. The summed E-state index contributed by atoms with van der Waals surface area (Å²) in [5.41, 5.74) is 1.01. The highest BCUT2D eigenvalue weighted by Crippen LogP contribution is 2.27. The number of aryl methyl sites for hydroxylation is 1. The Morgan fingerprint density at radius 3 is 2.44 bits per heavy atom. The second-order valence-electron chi connectivity index (χ2n) is 6.22. The van der Waals surface area contributed by atoms with Crippen molar-refractivity contribution >= 4 is 39.1 Å². The molecule has 27 heavy (non-hydrogen) atoms. The number of carbonyl (C=O) groups excluding carboxylic acids is 1. The lowest BCUT2D eigenvalue weighted by Crippen LogP contribution is -2.50. The predicted octanol–water partition coefficient (Wildman–Crippen LogP) is 2.85. The zero-order chi connectivity index (χ0) is 19.4. The lowest BCUT2D eigenvalue weighted by Gasteiger charge is -2.34. The normalized spacial score (nSPS) is 15.7. The fraction of sp³-hybridized carbons (Fsp3) is 0.333. The molecule has 2 heterocycles. The Bertz CT molecular complexity index is 915. The first-order valence-corrected chi connectivity index (χ1v) is 10.7. The third kappa shape index (κ3) is 4.79. The number of nitrogens with zero attached hydrogens (tertiary/aromatic N) is 3. The molecule has 0 saturated carbocycles. The third-order valence-electron chi connectivity index (χ3n) is 4.47. The molecule has 0 radical (unpaired) electrons. The number of hydrogen-bond acceptors (Lipinski definition) is 4. The Morgan fingerprint density at radius 1 is 1.07 bits per heavy atom. The quantitative estimate of drug-likeness (QED) is 0.735. The van der Waals surface area contributed by atoms with Crippen LogP contribution in [0.1, 0.15) is 12.0 Å². The maximum Gasteiger partial charge on any atom is 0.243 e. The minimum atomic E-state index is -3.66. The number of carbonyl (C=O) groups is 1. The summed E-state index contributed by atoms with van der Waals surface area (Å²) in [6, 6.07) is 8.03. The smallest absolute Gasteiger partial charge is 0.243 e. The molecule has 0 aliphatic carbocycles. The lowest BCUT2D eigenvalue weighted by molar-refractivity contribution is -0.132. The van der Waals surface area contributed by atoms with Gasteiger partial charge in [0.15, 0.2) is 0 Å². The van der Waals surface area contributed by atoms with Crippen LogP contribution < -0.4 is 0 Å². The van der Waals surface area contributed by atoms with Crippen LogP contribution in [0.15, 0.2) is 47.6 Å². The number of piperazine rings is 1. The topological polar surface area (TPSA) is 70.6 Å². The zero-order valence-electron chi connectivity index (χ0n) is 14.5. The van der Waals surface area contributed by atoms with Gasteiger partial charge in [-0.2, -0.15) is 4.31 Å². The van der Waals surface area contributed by atoms with E-state index >= 15 is 0 Å². The van der Waals surface area contributed by atoms with E-state index in [-0.39, 0.29) is 28.9 Å². The van der Waals surface area contributed by atoms with Gasteiger partial charge in [-0.05, 0) is 36.2 Å². The Labute approximate surface area is 168 Å². The summed E-state index contributed by atoms with van der Waals surface area (Å²) in [6.45, 7) is 1.24. The monoisotopic (exact) mass is 427 g/mol. The maximum atomic E-state index is 12.8. The molecule has 6 nitrogen and oxygen atoms in total. The molecule has 0 N–H and O–H groups in total. The Kier molecular flexibility index (Phi) is 6.37. The van der Waals surface area contributed by atoms with E-state index in [9.17, 15) is 13.2 Å². The van der Waals surface area contributed by atoms with Gasteiger partial charge >= 0.3 is 0 Å². The molecule has 1 aliphatic heterocycles. The maximum absolute atomic E-state index is 12.8. The fourth-order valence-electron chi connectivity index (χ4n) is 2.92. The highest BCUT2D eigenvalue weighted by Gasteiger charge is 2.30. The average molecular weight is 428 g/mol. The minimum absolute atomic E-state index is 0.0189. The van der Waals surface area contributed by atoms with Crippen molar-refractivity contribution in [1.29, 1.82) is 0 Å². The summed E-state index contributed by atoms with van der Waals surface area (Å²) < 4.78 is 26.9. The van der Waals surface area contributed by atoms with Crippen molar-refractivity contribution in [3.63, 3.8) is 0 Å². The Morgan fingerprint density at radius 2 is 1.81 bits per heavy atom. The lowest BCUT2D eigenvalue weighted by atomic mass is 10.1. The van der Waals surface area contributed by atoms with Gasteiger partial charge in [0, 0.05) is 45.0 Å². The van der Waals surface area contributed by atoms with Crippen LogP contribution in [0.3, 0.4) is 0 Å². The van der Waals surface area contributed by atoms with Gasteiger partial charge < -0.3 is 4.90 Å². The van der Waals surface area contributed by atoms with E-state index in [1.807, 2.05) is 12.1 Å². The third-order valence-corrected chi connectivity index (χ3v) is 7.10. The molecule has 0 unspecified atom stereocenters.